The smallest absolute Gasteiger partial charge is 0.196 e. The summed E-state index contributed by atoms with van der Waals surface area (Å²) in [5.74, 6) is 1.54. The van der Waals surface area contributed by atoms with Crippen molar-refractivity contribution in [3.63, 3.8) is 0 Å². The van der Waals surface area contributed by atoms with Crippen LogP contribution < -0.4 is 0 Å². The Morgan fingerprint density at radius 2 is 1.69 bits per heavy atom. The van der Waals surface area contributed by atoms with Gasteiger partial charge in [0.05, 0.1) is 11.6 Å². The fraction of sp³-hybridized carbons (Fsp3) is 0.125. The van der Waals surface area contributed by atoms with Crippen LogP contribution in [-0.4, -0.2) is 14.8 Å². The highest BCUT2D eigenvalue weighted by atomic mass is 32.2. The molecule has 4 rings (SSSR count). The van der Waals surface area contributed by atoms with Gasteiger partial charge in [-0.25, -0.2) is 0 Å². The van der Waals surface area contributed by atoms with Gasteiger partial charge in [-0.15, -0.1) is 10.2 Å². The average molecular weight is 397 g/mol. The van der Waals surface area contributed by atoms with Crippen molar-refractivity contribution in [1.29, 1.82) is 5.26 Å². The van der Waals surface area contributed by atoms with Crippen molar-refractivity contribution in [3.8, 4) is 23.1 Å². The molecule has 0 spiro atoms. The minimum absolute atomic E-state index is 0.670. The van der Waals surface area contributed by atoms with Gasteiger partial charge in [-0.1, -0.05) is 65.4 Å². The first-order valence-electron chi connectivity index (χ1n) is 9.35. The summed E-state index contributed by atoms with van der Waals surface area (Å²) >= 11 is 1.62. The van der Waals surface area contributed by atoms with Gasteiger partial charge in [-0.3, -0.25) is 4.57 Å². The van der Waals surface area contributed by atoms with E-state index in [1.165, 1.54) is 11.1 Å². The number of aryl methyl sites for hydroxylation is 2. The fourth-order valence-corrected chi connectivity index (χ4v) is 4.03. The highest BCUT2D eigenvalue weighted by Gasteiger charge is 2.16. The Bertz CT molecular complexity index is 1190. The molecule has 0 atom stereocenters. The number of rotatable bonds is 5. The molecule has 0 bridgehead atoms. The Kier molecular flexibility index (Phi) is 5.46. The van der Waals surface area contributed by atoms with Gasteiger partial charge >= 0.3 is 0 Å². The Hall–Kier alpha value is -3.36. The number of hydrogen-bond donors (Lipinski definition) is 0. The van der Waals surface area contributed by atoms with Crippen molar-refractivity contribution < 1.29 is 0 Å². The third-order valence-electron chi connectivity index (χ3n) is 4.63. The third-order valence-corrected chi connectivity index (χ3v) is 5.63. The second-order valence-electron chi connectivity index (χ2n) is 6.95. The molecule has 142 valence electrons. The lowest BCUT2D eigenvalue weighted by atomic mass is 10.1. The molecule has 0 N–H and O–H groups in total. The van der Waals surface area contributed by atoms with Crippen molar-refractivity contribution in [2.75, 3.05) is 0 Å². The number of aromatic nitrogens is 3. The minimum atomic E-state index is 0.670. The maximum absolute atomic E-state index is 9.13. The van der Waals surface area contributed by atoms with E-state index in [-0.39, 0.29) is 0 Å². The van der Waals surface area contributed by atoms with Gasteiger partial charge in [0.2, 0.25) is 0 Å². The fourth-order valence-electron chi connectivity index (χ4n) is 3.14. The molecule has 0 aliphatic rings. The maximum atomic E-state index is 9.13. The Morgan fingerprint density at radius 3 is 2.45 bits per heavy atom. The minimum Gasteiger partial charge on any atom is -0.270 e. The lowest BCUT2D eigenvalue weighted by Crippen LogP contribution is -2.00. The molecule has 1 heterocycles. The molecule has 0 fully saturated rings. The topological polar surface area (TPSA) is 54.5 Å². The maximum Gasteiger partial charge on any atom is 0.196 e. The third kappa shape index (κ3) is 4.23. The predicted octanol–water partition coefficient (Wildman–Crippen LogP) is 5.72. The summed E-state index contributed by atoms with van der Waals surface area (Å²) in [5.41, 5.74) is 6.22. The quantitative estimate of drug-likeness (QED) is 0.405. The molecule has 0 unspecified atom stereocenters. The first-order valence-corrected chi connectivity index (χ1v) is 10.3. The number of nitrogens with zero attached hydrogens (tertiary/aromatic N) is 4. The van der Waals surface area contributed by atoms with Crippen molar-refractivity contribution in [1.82, 2.24) is 14.8 Å². The number of thioether (sulfide) groups is 1. The van der Waals surface area contributed by atoms with Crippen molar-refractivity contribution in [3.05, 3.63) is 95.1 Å². The molecule has 0 aliphatic carbocycles. The molecule has 1 aromatic heterocycles. The van der Waals surface area contributed by atoms with E-state index >= 15 is 0 Å². The number of hydrogen-bond acceptors (Lipinski definition) is 4. The molecule has 29 heavy (non-hydrogen) atoms. The van der Waals surface area contributed by atoms with Crippen LogP contribution in [0.4, 0.5) is 0 Å². The molecule has 4 nitrogen and oxygen atoms in total. The summed E-state index contributed by atoms with van der Waals surface area (Å²) in [6.07, 6.45) is 0. The second kappa shape index (κ2) is 8.34. The van der Waals surface area contributed by atoms with Crippen LogP contribution in [0.2, 0.25) is 0 Å². The van der Waals surface area contributed by atoms with E-state index in [4.69, 9.17) is 5.26 Å². The van der Waals surface area contributed by atoms with E-state index in [2.05, 4.69) is 77.1 Å². The van der Waals surface area contributed by atoms with Gasteiger partial charge in [-0.05, 0) is 49.7 Å². The van der Waals surface area contributed by atoms with E-state index < -0.39 is 0 Å². The van der Waals surface area contributed by atoms with Gasteiger partial charge in [-0.2, -0.15) is 5.26 Å². The monoisotopic (exact) mass is 396 g/mol. The molecule has 4 aromatic rings. The molecular weight excluding hydrogens is 376 g/mol. The summed E-state index contributed by atoms with van der Waals surface area (Å²) in [6, 6.07) is 26.6. The molecule has 0 amide bonds. The highest BCUT2D eigenvalue weighted by molar-refractivity contribution is 7.98. The Labute approximate surface area is 174 Å². The van der Waals surface area contributed by atoms with Crippen LogP contribution in [0.1, 0.15) is 22.3 Å². The molecule has 0 aliphatic heterocycles. The van der Waals surface area contributed by atoms with Crippen molar-refractivity contribution >= 4 is 11.8 Å². The normalized spacial score (nSPS) is 10.7. The van der Waals surface area contributed by atoms with Gasteiger partial charge in [0.25, 0.3) is 0 Å². The average Bonchev–Trinajstić information content (AvgIpc) is 3.17. The first-order chi connectivity index (χ1) is 14.1. The lowest BCUT2D eigenvalue weighted by Gasteiger charge is -2.11. The first kappa shape index (κ1) is 19.0. The van der Waals surface area contributed by atoms with Crippen LogP contribution >= 0.6 is 11.8 Å². The number of nitriles is 1. The van der Waals surface area contributed by atoms with Gasteiger partial charge in [0, 0.05) is 17.0 Å². The van der Waals surface area contributed by atoms with Crippen LogP contribution in [0.25, 0.3) is 17.1 Å². The van der Waals surface area contributed by atoms with E-state index in [0.717, 1.165) is 27.8 Å². The van der Waals surface area contributed by atoms with Crippen LogP contribution in [0.5, 0.6) is 0 Å². The summed E-state index contributed by atoms with van der Waals surface area (Å²) in [5, 5.41) is 19.0. The number of benzene rings is 3. The molecule has 0 radical (unpaired) electrons. The van der Waals surface area contributed by atoms with Gasteiger partial charge in [0.1, 0.15) is 0 Å². The van der Waals surface area contributed by atoms with E-state index in [9.17, 15) is 0 Å². The zero-order valence-corrected chi connectivity index (χ0v) is 17.1. The van der Waals surface area contributed by atoms with E-state index in [0.29, 0.717) is 11.3 Å². The zero-order valence-electron chi connectivity index (χ0n) is 16.3. The van der Waals surface area contributed by atoms with Crippen molar-refractivity contribution in [2.24, 2.45) is 0 Å². The van der Waals surface area contributed by atoms with Crippen LogP contribution in [0, 0.1) is 25.2 Å². The van der Waals surface area contributed by atoms with Gasteiger partial charge < -0.3 is 0 Å². The molecular formula is C24H20N4S. The molecule has 5 heteroatoms. The van der Waals surface area contributed by atoms with Gasteiger partial charge in [0.15, 0.2) is 11.0 Å². The summed E-state index contributed by atoms with van der Waals surface area (Å²) < 4.78 is 2.10. The van der Waals surface area contributed by atoms with Crippen LogP contribution in [0.3, 0.4) is 0 Å². The van der Waals surface area contributed by atoms with E-state index in [1.807, 2.05) is 30.3 Å². The summed E-state index contributed by atoms with van der Waals surface area (Å²) in [6.45, 7) is 4.16. The Morgan fingerprint density at radius 1 is 0.897 bits per heavy atom. The molecule has 0 saturated heterocycles. The van der Waals surface area contributed by atoms with Crippen molar-refractivity contribution in [2.45, 2.75) is 24.8 Å². The van der Waals surface area contributed by atoms with Crippen LogP contribution in [-0.2, 0) is 5.75 Å². The zero-order chi connectivity index (χ0) is 20.2. The molecule has 0 saturated carbocycles. The van der Waals surface area contributed by atoms with Crippen LogP contribution in [0.15, 0.2) is 78.0 Å². The second-order valence-corrected chi connectivity index (χ2v) is 7.89. The largest absolute Gasteiger partial charge is 0.270 e. The Balaban J connectivity index is 1.73. The van der Waals surface area contributed by atoms with E-state index in [1.54, 1.807) is 11.8 Å². The summed E-state index contributed by atoms with van der Waals surface area (Å²) in [4.78, 5) is 0. The highest BCUT2D eigenvalue weighted by Crippen LogP contribution is 2.30. The molecule has 3 aromatic carbocycles. The predicted molar refractivity (Wildman–Crippen MR) is 117 cm³/mol. The lowest BCUT2D eigenvalue weighted by molar-refractivity contribution is 0.885. The SMILES string of the molecule is Cc1ccc(-n2c(SCc3cccc(C#N)c3)nnc2-c2cccc(C)c2)cc1. The summed E-state index contributed by atoms with van der Waals surface area (Å²) in [7, 11) is 0. The standard InChI is InChI=1S/C24H20N4S/c1-17-9-11-22(12-10-17)28-23(21-8-3-5-18(2)13-21)26-27-24(28)29-16-20-7-4-6-19(14-20)15-25/h3-14H,16H2,1-2H3.